The fourth-order valence-electron chi connectivity index (χ4n) is 3.31. The quantitative estimate of drug-likeness (QED) is 0.721. The number of rotatable bonds is 3. The van der Waals surface area contributed by atoms with Gasteiger partial charge in [0.05, 0.1) is 5.69 Å². The largest absolute Gasteiger partial charge is 0.334 e. The first-order valence-electron chi connectivity index (χ1n) is 9.63. The van der Waals surface area contributed by atoms with Crippen molar-refractivity contribution in [1.29, 1.82) is 0 Å². The maximum absolute atomic E-state index is 12.8. The van der Waals surface area contributed by atoms with Gasteiger partial charge in [0.1, 0.15) is 5.69 Å². The molecule has 1 aromatic heterocycles. The molecule has 7 nitrogen and oxygen atoms in total. The van der Waals surface area contributed by atoms with E-state index in [0.717, 1.165) is 22.5 Å². The van der Waals surface area contributed by atoms with Crippen LogP contribution in [0.25, 0.3) is 11.3 Å². The summed E-state index contributed by atoms with van der Waals surface area (Å²) in [5.41, 5.74) is 4.07. The minimum atomic E-state index is -0.145. The molecule has 0 atom stereocenters. The summed E-state index contributed by atoms with van der Waals surface area (Å²) in [4.78, 5) is 28.7. The molecule has 1 fully saturated rings. The molecule has 148 valence electrons. The van der Waals surface area contributed by atoms with Gasteiger partial charge in [-0.25, -0.2) is 4.79 Å². The molecule has 0 spiro atoms. The first-order valence-corrected chi connectivity index (χ1v) is 9.63. The minimum absolute atomic E-state index is 0.0988. The van der Waals surface area contributed by atoms with Crippen LogP contribution in [0.3, 0.4) is 0 Å². The van der Waals surface area contributed by atoms with Crippen molar-refractivity contribution in [2.45, 2.75) is 6.92 Å². The topological polar surface area (TPSA) is 81.3 Å². The van der Waals surface area contributed by atoms with E-state index >= 15 is 0 Å². The highest BCUT2D eigenvalue weighted by Crippen LogP contribution is 2.18. The zero-order chi connectivity index (χ0) is 20.2. The molecular weight excluding hydrogens is 366 g/mol. The predicted octanol–water partition coefficient (Wildman–Crippen LogP) is 3.38. The van der Waals surface area contributed by atoms with E-state index in [-0.39, 0.29) is 11.9 Å². The van der Waals surface area contributed by atoms with Gasteiger partial charge in [-0.3, -0.25) is 9.89 Å². The van der Waals surface area contributed by atoms with Crippen LogP contribution in [0.1, 0.15) is 16.1 Å². The van der Waals surface area contributed by atoms with Crippen LogP contribution in [0.15, 0.2) is 60.7 Å². The monoisotopic (exact) mass is 389 g/mol. The van der Waals surface area contributed by atoms with E-state index in [2.05, 4.69) is 15.5 Å². The van der Waals surface area contributed by atoms with Crippen molar-refractivity contribution in [2.75, 3.05) is 31.5 Å². The molecule has 0 bridgehead atoms. The smallest absolute Gasteiger partial charge is 0.321 e. The summed E-state index contributed by atoms with van der Waals surface area (Å²) in [6.07, 6.45) is 0. The van der Waals surface area contributed by atoms with E-state index in [0.29, 0.717) is 31.9 Å². The molecule has 1 aliphatic rings. The van der Waals surface area contributed by atoms with Crippen LogP contribution in [0.4, 0.5) is 10.5 Å². The van der Waals surface area contributed by atoms with E-state index in [9.17, 15) is 9.59 Å². The Morgan fingerprint density at radius 2 is 1.59 bits per heavy atom. The molecular formula is C22H23N5O2. The van der Waals surface area contributed by atoms with Gasteiger partial charge in [-0.2, -0.15) is 5.10 Å². The second kappa shape index (κ2) is 8.18. The Morgan fingerprint density at radius 3 is 2.28 bits per heavy atom. The summed E-state index contributed by atoms with van der Waals surface area (Å²) in [5.74, 6) is -0.0988. The molecule has 0 unspecified atom stereocenters. The molecule has 3 aromatic rings. The van der Waals surface area contributed by atoms with Crippen molar-refractivity contribution in [3.63, 3.8) is 0 Å². The maximum Gasteiger partial charge on any atom is 0.321 e. The number of nitrogens with one attached hydrogen (secondary N) is 2. The van der Waals surface area contributed by atoms with Gasteiger partial charge in [0.25, 0.3) is 5.91 Å². The van der Waals surface area contributed by atoms with Crippen LogP contribution < -0.4 is 5.32 Å². The van der Waals surface area contributed by atoms with E-state index in [1.54, 1.807) is 15.9 Å². The van der Waals surface area contributed by atoms with Crippen molar-refractivity contribution < 1.29 is 9.59 Å². The lowest BCUT2D eigenvalue weighted by atomic mass is 10.1. The van der Waals surface area contributed by atoms with Crippen LogP contribution in [-0.4, -0.2) is 58.1 Å². The number of carbonyl (C=O) groups excluding carboxylic acids is 2. The van der Waals surface area contributed by atoms with Crippen molar-refractivity contribution in [1.82, 2.24) is 20.0 Å². The third-order valence-electron chi connectivity index (χ3n) is 5.03. The summed E-state index contributed by atoms with van der Waals surface area (Å²) >= 11 is 0. The summed E-state index contributed by atoms with van der Waals surface area (Å²) in [6, 6.07) is 19.0. The average molecular weight is 389 g/mol. The zero-order valence-corrected chi connectivity index (χ0v) is 16.3. The van der Waals surface area contributed by atoms with E-state index < -0.39 is 0 Å². The number of benzene rings is 2. The Balaban J connectivity index is 1.33. The number of H-pyrrole nitrogens is 1. The molecule has 29 heavy (non-hydrogen) atoms. The summed E-state index contributed by atoms with van der Waals surface area (Å²) in [7, 11) is 0. The number of amides is 3. The van der Waals surface area contributed by atoms with Crippen molar-refractivity contribution >= 4 is 17.6 Å². The Labute approximate surface area is 169 Å². The fraction of sp³-hybridized carbons (Fsp3) is 0.227. The number of hydrogen-bond acceptors (Lipinski definition) is 3. The Morgan fingerprint density at radius 1 is 0.931 bits per heavy atom. The number of carbonyl (C=O) groups is 2. The summed E-state index contributed by atoms with van der Waals surface area (Å²) in [6.45, 7) is 3.95. The number of piperazine rings is 1. The number of nitrogens with zero attached hydrogens (tertiary/aromatic N) is 3. The highest BCUT2D eigenvalue weighted by Gasteiger charge is 2.26. The normalized spacial score (nSPS) is 14.0. The Kier molecular flexibility index (Phi) is 5.29. The van der Waals surface area contributed by atoms with Gasteiger partial charge >= 0.3 is 6.03 Å². The van der Waals surface area contributed by atoms with Crippen LogP contribution in [0, 0.1) is 6.92 Å². The number of aromatic nitrogens is 2. The highest BCUT2D eigenvalue weighted by molar-refractivity contribution is 5.94. The number of aromatic amines is 1. The molecule has 3 amide bonds. The third kappa shape index (κ3) is 4.29. The first-order chi connectivity index (χ1) is 14.1. The fourth-order valence-corrected chi connectivity index (χ4v) is 3.31. The van der Waals surface area contributed by atoms with Gasteiger partial charge in [-0.1, -0.05) is 48.0 Å². The number of aryl methyl sites for hydroxylation is 1. The lowest BCUT2D eigenvalue weighted by Crippen LogP contribution is -2.51. The maximum atomic E-state index is 12.8. The minimum Gasteiger partial charge on any atom is -0.334 e. The van der Waals surface area contributed by atoms with Gasteiger partial charge in [0, 0.05) is 37.4 Å². The second-order valence-corrected chi connectivity index (χ2v) is 7.11. The molecule has 0 aliphatic carbocycles. The first kappa shape index (κ1) is 18.7. The Bertz CT molecular complexity index is 990. The molecule has 2 N–H and O–H groups in total. The van der Waals surface area contributed by atoms with Crippen molar-refractivity contribution in [3.8, 4) is 11.3 Å². The lowest BCUT2D eigenvalue weighted by molar-refractivity contribution is 0.0666. The number of anilines is 1. The second-order valence-electron chi connectivity index (χ2n) is 7.11. The molecule has 7 heteroatoms. The molecule has 0 radical (unpaired) electrons. The molecule has 1 aliphatic heterocycles. The van der Waals surface area contributed by atoms with Gasteiger partial charge in [-0.05, 0) is 25.1 Å². The SMILES string of the molecule is Cc1ccc(NC(=O)N2CCN(C(=O)c3cc(-c4ccccc4)n[nH]3)CC2)cc1. The zero-order valence-electron chi connectivity index (χ0n) is 16.3. The highest BCUT2D eigenvalue weighted by atomic mass is 16.2. The Hall–Kier alpha value is -3.61. The van der Waals surface area contributed by atoms with Gasteiger partial charge in [0.15, 0.2) is 0 Å². The molecule has 4 rings (SSSR count). The summed E-state index contributed by atoms with van der Waals surface area (Å²) < 4.78 is 0. The van der Waals surface area contributed by atoms with E-state index in [1.165, 1.54) is 0 Å². The van der Waals surface area contributed by atoms with Gasteiger partial charge in [-0.15, -0.1) is 0 Å². The number of hydrogen-bond donors (Lipinski definition) is 2. The van der Waals surface area contributed by atoms with Crippen molar-refractivity contribution in [2.24, 2.45) is 0 Å². The van der Waals surface area contributed by atoms with Crippen LogP contribution in [0.5, 0.6) is 0 Å². The predicted molar refractivity (Wildman–Crippen MR) is 112 cm³/mol. The lowest BCUT2D eigenvalue weighted by Gasteiger charge is -2.34. The molecule has 1 saturated heterocycles. The van der Waals surface area contributed by atoms with E-state index in [4.69, 9.17) is 0 Å². The third-order valence-corrected chi connectivity index (χ3v) is 5.03. The summed E-state index contributed by atoms with van der Waals surface area (Å²) in [5, 5.41) is 9.99. The molecule has 0 saturated carbocycles. The standard InChI is InChI=1S/C22H23N5O2/c1-16-7-9-18(10-8-16)23-22(29)27-13-11-26(12-14-27)21(28)20-15-19(24-25-20)17-5-3-2-4-6-17/h2-10,15H,11-14H2,1H3,(H,23,29)(H,24,25). The van der Waals surface area contributed by atoms with Crippen LogP contribution in [-0.2, 0) is 0 Å². The van der Waals surface area contributed by atoms with Gasteiger partial charge in [0.2, 0.25) is 0 Å². The average Bonchev–Trinajstić information content (AvgIpc) is 3.26. The van der Waals surface area contributed by atoms with Crippen molar-refractivity contribution in [3.05, 3.63) is 71.9 Å². The van der Waals surface area contributed by atoms with Gasteiger partial charge < -0.3 is 15.1 Å². The van der Waals surface area contributed by atoms with Crippen LogP contribution in [0.2, 0.25) is 0 Å². The van der Waals surface area contributed by atoms with E-state index in [1.807, 2.05) is 61.5 Å². The molecule has 2 aromatic carbocycles. The van der Waals surface area contributed by atoms with Crippen LogP contribution >= 0.6 is 0 Å². The molecule has 2 heterocycles. The number of urea groups is 1.